The minimum Gasteiger partial charge on any atom is -0.334 e. The van der Waals surface area contributed by atoms with Gasteiger partial charge < -0.3 is 5.32 Å². The summed E-state index contributed by atoms with van der Waals surface area (Å²) >= 11 is 4.60. The van der Waals surface area contributed by atoms with Crippen LogP contribution in [0, 0.1) is 5.92 Å². The summed E-state index contributed by atoms with van der Waals surface area (Å²) in [5.41, 5.74) is 3.30. The molecule has 1 aromatic rings. The summed E-state index contributed by atoms with van der Waals surface area (Å²) in [6.45, 7) is 10.9. The number of amides is 2. The van der Waals surface area contributed by atoms with Gasteiger partial charge in [-0.2, -0.15) is 0 Å². The van der Waals surface area contributed by atoms with Crippen molar-refractivity contribution in [3.8, 4) is 0 Å². The van der Waals surface area contributed by atoms with Crippen molar-refractivity contribution in [3.63, 3.8) is 0 Å². The van der Waals surface area contributed by atoms with Gasteiger partial charge in [0, 0.05) is 6.04 Å². The van der Waals surface area contributed by atoms with Crippen molar-refractivity contribution < 1.29 is 4.79 Å². The lowest BCUT2D eigenvalue weighted by atomic mass is 9.84. The molecule has 0 saturated heterocycles. The Morgan fingerprint density at radius 3 is 2.08 bits per heavy atom. The summed E-state index contributed by atoms with van der Waals surface area (Å²) in [7, 11) is 0. The molecule has 0 atom stereocenters. The molecule has 3 nitrogen and oxygen atoms in total. The molecule has 0 radical (unpaired) electrons. The van der Waals surface area contributed by atoms with Gasteiger partial charge in [-0.1, -0.05) is 72.1 Å². The standard InChI is InChI=1S/C21H34N2OS/c1-6-16-10-12-17(13-11-16)22-21(24)23(25)20-18(14(2)3)8-7-9-19(20)15(4)5/h7-9,14-17,25H,6,10-13H2,1-5H3,(H,22,24). The van der Waals surface area contributed by atoms with Crippen LogP contribution in [0.3, 0.4) is 0 Å². The van der Waals surface area contributed by atoms with Gasteiger partial charge >= 0.3 is 6.03 Å². The Bertz CT molecular complexity index is 551. The highest BCUT2D eigenvalue weighted by Crippen LogP contribution is 2.36. The molecule has 1 saturated carbocycles. The number of hydrogen-bond acceptors (Lipinski definition) is 2. The highest BCUT2D eigenvalue weighted by molar-refractivity contribution is 7.82. The fraction of sp³-hybridized carbons (Fsp3) is 0.667. The fourth-order valence-corrected chi connectivity index (χ4v) is 4.10. The largest absolute Gasteiger partial charge is 0.334 e. The van der Waals surface area contributed by atoms with Crippen LogP contribution >= 0.6 is 12.8 Å². The van der Waals surface area contributed by atoms with Crippen molar-refractivity contribution in [1.82, 2.24) is 5.32 Å². The third-order valence-electron chi connectivity index (χ3n) is 5.50. The highest BCUT2D eigenvalue weighted by atomic mass is 32.1. The Morgan fingerprint density at radius 2 is 1.64 bits per heavy atom. The summed E-state index contributed by atoms with van der Waals surface area (Å²) < 4.78 is 1.54. The van der Waals surface area contributed by atoms with E-state index >= 15 is 0 Å². The van der Waals surface area contributed by atoms with Crippen molar-refractivity contribution in [3.05, 3.63) is 29.3 Å². The molecular weight excluding hydrogens is 328 g/mol. The number of carbonyl (C=O) groups excluding carboxylic acids is 1. The van der Waals surface area contributed by atoms with Crippen molar-refractivity contribution >= 4 is 24.5 Å². The first kappa shape index (κ1) is 20.2. The van der Waals surface area contributed by atoms with Crippen LogP contribution in [0.5, 0.6) is 0 Å². The minimum absolute atomic E-state index is 0.0988. The maximum absolute atomic E-state index is 12.9. The van der Waals surface area contributed by atoms with Crippen molar-refractivity contribution in [1.29, 1.82) is 0 Å². The van der Waals surface area contributed by atoms with Crippen LogP contribution in [-0.4, -0.2) is 12.1 Å². The number of thiol groups is 1. The summed E-state index contributed by atoms with van der Waals surface area (Å²) in [4.78, 5) is 12.9. The fourth-order valence-electron chi connectivity index (χ4n) is 3.81. The first-order valence-corrected chi connectivity index (χ1v) is 10.2. The molecule has 1 N–H and O–H groups in total. The number of anilines is 1. The average Bonchev–Trinajstić information content (AvgIpc) is 2.60. The zero-order chi connectivity index (χ0) is 18.6. The molecule has 2 amide bonds. The lowest BCUT2D eigenvalue weighted by Gasteiger charge is -2.31. The molecule has 4 heteroatoms. The zero-order valence-electron chi connectivity index (χ0n) is 16.4. The van der Waals surface area contributed by atoms with E-state index < -0.39 is 0 Å². The van der Waals surface area contributed by atoms with Crippen LogP contribution in [0.25, 0.3) is 0 Å². The van der Waals surface area contributed by atoms with Gasteiger partial charge in [0.05, 0.1) is 5.69 Å². The highest BCUT2D eigenvalue weighted by Gasteiger charge is 2.26. The van der Waals surface area contributed by atoms with Crippen LogP contribution in [0.2, 0.25) is 0 Å². The molecule has 1 aromatic carbocycles. The molecule has 2 rings (SSSR count). The topological polar surface area (TPSA) is 32.3 Å². The molecule has 0 bridgehead atoms. The maximum Gasteiger partial charge on any atom is 0.332 e. The molecule has 1 aliphatic rings. The molecule has 1 aliphatic carbocycles. The summed E-state index contributed by atoms with van der Waals surface area (Å²) in [6, 6.07) is 6.47. The second-order valence-electron chi connectivity index (χ2n) is 7.98. The van der Waals surface area contributed by atoms with E-state index in [0.29, 0.717) is 11.8 Å². The van der Waals surface area contributed by atoms with Gasteiger partial charge in [-0.3, -0.25) is 0 Å². The van der Waals surface area contributed by atoms with Crippen LogP contribution in [0.4, 0.5) is 10.5 Å². The first-order chi connectivity index (χ1) is 11.8. The van der Waals surface area contributed by atoms with Gasteiger partial charge in [-0.05, 0) is 54.6 Å². The summed E-state index contributed by atoms with van der Waals surface area (Å²) in [6.07, 6.45) is 5.84. The van der Waals surface area contributed by atoms with E-state index in [4.69, 9.17) is 0 Å². The number of hydrogen-bond donors (Lipinski definition) is 2. The molecule has 25 heavy (non-hydrogen) atoms. The second-order valence-corrected chi connectivity index (χ2v) is 8.38. The number of carbonyl (C=O) groups is 1. The van der Waals surface area contributed by atoms with Crippen LogP contribution in [-0.2, 0) is 0 Å². The van der Waals surface area contributed by atoms with E-state index in [-0.39, 0.29) is 12.1 Å². The van der Waals surface area contributed by atoms with E-state index in [1.54, 1.807) is 0 Å². The maximum atomic E-state index is 12.9. The van der Waals surface area contributed by atoms with Gasteiger partial charge in [0.25, 0.3) is 0 Å². The van der Waals surface area contributed by atoms with E-state index in [2.05, 4.69) is 70.9 Å². The van der Waals surface area contributed by atoms with Gasteiger partial charge in [-0.25, -0.2) is 9.10 Å². The lowest BCUT2D eigenvalue weighted by molar-refractivity contribution is 0.235. The van der Waals surface area contributed by atoms with Crippen LogP contribution < -0.4 is 9.62 Å². The SMILES string of the molecule is CCC1CCC(NC(=O)N(S)c2c(C(C)C)cccc2C(C)C)CC1. The predicted molar refractivity (Wildman–Crippen MR) is 111 cm³/mol. The number of rotatable bonds is 5. The Morgan fingerprint density at radius 1 is 1.12 bits per heavy atom. The number of urea groups is 1. The smallest absolute Gasteiger partial charge is 0.332 e. The summed E-state index contributed by atoms with van der Waals surface area (Å²) in [5, 5.41) is 3.20. The monoisotopic (exact) mass is 362 g/mol. The van der Waals surface area contributed by atoms with Gasteiger partial charge in [0.1, 0.15) is 0 Å². The summed E-state index contributed by atoms with van der Waals surface area (Å²) in [5.74, 6) is 1.52. The number of para-hydroxylation sites is 1. The average molecular weight is 363 g/mol. The molecule has 0 spiro atoms. The third kappa shape index (κ3) is 4.93. The van der Waals surface area contributed by atoms with Crippen molar-refractivity contribution in [2.24, 2.45) is 5.92 Å². The Labute approximate surface area is 159 Å². The molecule has 0 unspecified atom stereocenters. The molecule has 0 aromatic heterocycles. The van der Waals surface area contributed by atoms with Crippen molar-refractivity contribution in [2.75, 3.05) is 4.31 Å². The van der Waals surface area contributed by atoms with Gasteiger partial charge in [0.2, 0.25) is 0 Å². The molecular formula is C21H34N2OS. The quantitative estimate of drug-likeness (QED) is 0.595. The second kappa shape index (κ2) is 8.98. The third-order valence-corrected chi connectivity index (χ3v) is 5.88. The Balaban J connectivity index is 2.16. The molecule has 0 heterocycles. The minimum atomic E-state index is -0.0988. The molecule has 140 valence electrons. The normalized spacial score (nSPS) is 20.8. The van der Waals surface area contributed by atoms with Gasteiger partial charge in [0.15, 0.2) is 0 Å². The van der Waals surface area contributed by atoms with Crippen molar-refractivity contribution in [2.45, 2.75) is 84.6 Å². The van der Waals surface area contributed by atoms with E-state index in [1.165, 1.54) is 34.7 Å². The Hall–Kier alpha value is -1.16. The van der Waals surface area contributed by atoms with E-state index in [9.17, 15) is 4.79 Å². The van der Waals surface area contributed by atoms with Crippen LogP contribution in [0.15, 0.2) is 18.2 Å². The predicted octanol–water partition coefficient (Wildman–Crippen LogP) is 6.26. The number of nitrogens with one attached hydrogen (secondary N) is 1. The molecule has 0 aliphatic heterocycles. The number of nitrogens with zero attached hydrogens (tertiary/aromatic N) is 1. The lowest BCUT2D eigenvalue weighted by Crippen LogP contribution is -2.43. The number of benzene rings is 1. The van der Waals surface area contributed by atoms with E-state index in [0.717, 1.165) is 24.4 Å². The Kier molecular flexibility index (Phi) is 7.24. The van der Waals surface area contributed by atoms with Gasteiger partial charge in [-0.15, -0.1) is 0 Å². The first-order valence-electron chi connectivity index (χ1n) is 9.77. The van der Waals surface area contributed by atoms with Crippen LogP contribution in [0.1, 0.15) is 89.7 Å². The molecule has 1 fully saturated rings. The van der Waals surface area contributed by atoms with E-state index in [1.807, 2.05) is 0 Å². The zero-order valence-corrected chi connectivity index (χ0v) is 17.3.